The maximum atomic E-state index is 5.54. The monoisotopic (exact) mass is 191 g/mol. The van der Waals surface area contributed by atoms with Crippen molar-refractivity contribution in [2.24, 2.45) is 5.73 Å². The van der Waals surface area contributed by atoms with Crippen LogP contribution in [0.15, 0.2) is 18.2 Å². The average molecular weight is 191 g/mol. The zero-order valence-electron chi connectivity index (χ0n) is 8.08. The van der Waals surface area contributed by atoms with E-state index in [2.05, 4.69) is 9.97 Å². The molecule has 74 valence electrons. The Balaban J connectivity index is 2.43. The van der Waals surface area contributed by atoms with Crippen molar-refractivity contribution < 1.29 is 4.74 Å². The van der Waals surface area contributed by atoms with E-state index < -0.39 is 0 Å². The minimum Gasteiger partial charge on any atom is -0.465 e. The van der Waals surface area contributed by atoms with Gasteiger partial charge in [0, 0.05) is 6.54 Å². The summed E-state index contributed by atoms with van der Waals surface area (Å²) in [5.41, 5.74) is 8.50. The first-order valence-corrected chi connectivity index (χ1v) is 4.65. The molecule has 1 aromatic carbocycles. The van der Waals surface area contributed by atoms with Gasteiger partial charge in [-0.3, -0.25) is 0 Å². The third-order valence-electron chi connectivity index (χ3n) is 2.04. The number of nitrogens with zero attached hydrogens (tertiary/aromatic N) is 1. The van der Waals surface area contributed by atoms with Gasteiger partial charge in [-0.1, -0.05) is 6.07 Å². The first kappa shape index (κ1) is 9.02. The molecular formula is C10H13N3O. The predicted molar refractivity (Wildman–Crippen MR) is 55.2 cm³/mol. The summed E-state index contributed by atoms with van der Waals surface area (Å²) in [5.74, 6) is 0. The van der Waals surface area contributed by atoms with E-state index in [0.29, 0.717) is 19.2 Å². The molecule has 1 aromatic heterocycles. The van der Waals surface area contributed by atoms with Crippen LogP contribution in [0.5, 0.6) is 6.01 Å². The Labute approximate surface area is 82.1 Å². The van der Waals surface area contributed by atoms with Gasteiger partial charge in [-0.05, 0) is 24.6 Å². The highest BCUT2D eigenvalue weighted by molar-refractivity contribution is 5.76. The molecule has 3 N–H and O–H groups in total. The third-order valence-corrected chi connectivity index (χ3v) is 2.04. The van der Waals surface area contributed by atoms with E-state index in [-0.39, 0.29) is 0 Å². The van der Waals surface area contributed by atoms with Crippen molar-refractivity contribution in [3.05, 3.63) is 23.8 Å². The van der Waals surface area contributed by atoms with E-state index in [1.165, 1.54) is 0 Å². The molecule has 0 amide bonds. The molecule has 4 heteroatoms. The Kier molecular flexibility index (Phi) is 2.37. The number of benzene rings is 1. The lowest BCUT2D eigenvalue weighted by Crippen LogP contribution is -1.95. The molecule has 0 spiro atoms. The summed E-state index contributed by atoms with van der Waals surface area (Å²) in [5, 5.41) is 0. The van der Waals surface area contributed by atoms with Crippen molar-refractivity contribution in [2.45, 2.75) is 13.5 Å². The number of H-pyrrole nitrogens is 1. The second kappa shape index (κ2) is 3.67. The molecule has 0 aliphatic rings. The highest BCUT2D eigenvalue weighted by Crippen LogP contribution is 2.16. The van der Waals surface area contributed by atoms with Crippen molar-refractivity contribution in [3.8, 4) is 6.01 Å². The van der Waals surface area contributed by atoms with E-state index >= 15 is 0 Å². The molecular weight excluding hydrogens is 178 g/mol. The number of rotatable bonds is 3. The predicted octanol–water partition coefficient (Wildman–Crippen LogP) is 1.42. The fourth-order valence-corrected chi connectivity index (χ4v) is 1.37. The summed E-state index contributed by atoms with van der Waals surface area (Å²) < 4.78 is 5.27. The zero-order chi connectivity index (χ0) is 9.97. The maximum Gasteiger partial charge on any atom is 0.294 e. The first-order chi connectivity index (χ1) is 6.83. The van der Waals surface area contributed by atoms with Gasteiger partial charge in [0.1, 0.15) is 0 Å². The molecule has 0 saturated carbocycles. The highest BCUT2D eigenvalue weighted by atomic mass is 16.5. The normalized spacial score (nSPS) is 10.7. The van der Waals surface area contributed by atoms with Gasteiger partial charge in [0.2, 0.25) is 0 Å². The van der Waals surface area contributed by atoms with E-state index in [1.807, 2.05) is 25.1 Å². The zero-order valence-corrected chi connectivity index (χ0v) is 8.08. The van der Waals surface area contributed by atoms with Crippen LogP contribution in [0.3, 0.4) is 0 Å². The summed E-state index contributed by atoms with van der Waals surface area (Å²) in [6, 6.07) is 6.47. The molecule has 4 nitrogen and oxygen atoms in total. The van der Waals surface area contributed by atoms with Crippen LogP contribution < -0.4 is 10.5 Å². The molecule has 2 rings (SSSR count). The van der Waals surface area contributed by atoms with Crippen molar-refractivity contribution in [1.29, 1.82) is 0 Å². The Morgan fingerprint density at radius 3 is 3.07 bits per heavy atom. The number of imidazole rings is 1. The third kappa shape index (κ3) is 1.56. The average Bonchev–Trinajstić information content (AvgIpc) is 2.59. The molecule has 0 bridgehead atoms. The molecule has 0 radical (unpaired) electrons. The van der Waals surface area contributed by atoms with Crippen molar-refractivity contribution in [1.82, 2.24) is 9.97 Å². The van der Waals surface area contributed by atoms with Gasteiger partial charge in [-0.2, -0.15) is 4.98 Å². The topological polar surface area (TPSA) is 63.9 Å². The van der Waals surface area contributed by atoms with Crippen LogP contribution in [0.25, 0.3) is 11.0 Å². The van der Waals surface area contributed by atoms with Gasteiger partial charge in [0.05, 0.1) is 17.6 Å². The Morgan fingerprint density at radius 2 is 2.36 bits per heavy atom. The molecule has 0 aliphatic carbocycles. The van der Waals surface area contributed by atoms with Gasteiger partial charge in [-0.25, -0.2) is 0 Å². The summed E-state index contributed by atoms with van der Waals surface area (Å²) in [4.78, 5) is 7.34. The fourth-order valence-electron chi connectivity index (χ4n) is 1.37. The van der Waals surface area contributed by atoms with E-state index in [4.69, 9.17) is 10.5 Å². The lowest BCUT2D eigenvalue weighted by atomic mass is 10.2. The van der Waals surface area contributed by atoms with Crippen LogP contribution in [0, 0.1) is 0 Å². The smallest absolute Gasteiger partial charge is 0.294 e. The molecule has 1 heterocycles. The van der Waals surface area contributed by atoms with Crippen LogP contribution in [0.2, 0.25) is 0 Å². The van der Waals surface area contributed by atoms with Crippen LogP contribution >= 0.6 is 0 Å². The fraction of sp³-hybridized carbons (Fsp3) is 0.300. The lowest BCUT2D eigenvalue weighted by Gasteiger charge is -1.94. The summed E-state index contributed by atoms with van der Waals surface area (Å²) in [6.45, 7) is 3.08. The second-order valence-electron chi connectivity index (χ2n) is 3.03. The van der Waals surface area contributed by atoms with Gasteiger partial charge < -0.3 is 15.5 Å². The number of aromatic nitrogens is 2. The largest absolute Gasteiger partial charge is 0.465 e. The number of nitrogens with two attached hydrogens (primary N) is 1. The number of fused-ring (bicyclic) bond motifs is 1. The lowest BCUT2D eigenvalue weighted by molar-refractivity contribution is 0.317. The minimum absolute atomic E-state index is 0.541. The second-order valence-corrected chi connectivity index (χ2v) is 3.03. The maximum absolute atomic E-state index is 5.54. The van der Waals surface area contributed by atoms with Gasteiger partial charge >= 0.3 is 0 Å². The first-order valence-electron chi connectivity index (χ1n) is 4.65. The number of aromatic amines is 1. The molecule has 14 heavy (non-hydrogen) atoms. The van der Waals surface area contributed by atoms with E-state index in [9.17, 15) is 0 Å². The van der Waals surface area contributed by atoms with Crippen LogP contribution in [0.4, 0.5) is 0 Å². The Bertz CT molecular complexity index is 436. The standard InChI is InChI=1S/C10H13N3O/c1-2-14-10-12-8-4-3-7(6-11)5-9(8)13-10/h3-5H,2,6,11H2,1H3,(H,12,13). The number of ether oxygens (including phenoxy) is 1. The summed E-state index contributed by atoms with van der Waals surface area (Å²) in [7, 11) is 0. The van der Waals surface area contributed by atoms with Crippen molar-refractivity contribution >= 4 is 11.0 Å². The Hall–Kier alpha value is -1.55. The molecule has 0 saturated heterocycles. The Morgan fingerprint density at radius 1 is 1.50 bits per heavy atom. The molecule has 0 fully saturated rings. The SMILES string of the molecule is CCOc1nc2ccc(CN)cc2[nH]1. The molecule has 2 aromatic rings. The molecule has 0 aliphatic heterocycles. The highest BCUT2D eigenvalue weighted by Gasteiger charge is 2.02. The number of nitrogens with one attached hydrogen (secondary N) is 1. The quantitative estimate of drug-likeness (QED) is 0.771. The van der Waals surface area contributed by atoms with Crippen molar-refractivity contribution in [2.75, 3.05) is 6.61 Å². The van der Waals surface area contributed by atoms with Crippen LogP contribution in [-0.2, 0) is 6.54 Å². The van der Waals surface area contributed by atoms with Crippen molar-refractivity contribution in [3.63, 3.8) is 0 Å². The van der Waals surface area contributed by atoms with Gasteiger partial charge in [-0.15, -0.1) is 0 Å². The molecule has 0 unspecified atom stereocenters. The van der Waals surface area contributed by atoms with E-state index in [1.54, 1.807) is 0 Å². The van der Waals surface area contributed by atoms with Gasteiger partial charge in [0.25, 0.3) is 6.01 Å². The summed E-state index contributed by atoms with van der Waals surface area (Å²) in [6.07, 6.45) is 0. The minimum atomic E-state index is 0.541. The van der Waals surface area contributed by atoms with E-state index in [0.717, 1.165) is 16.6 Å². The number of hydrogen-bond acceptors (Lipinski definition) is 3. The van der Waals surface area contributed by atoms with Gasteiger partial charge in [0.15, 0.2) is 0 Å². The summed E-state index contributed by atoms with van der Waals surface area (Å²) >= 11 is 0. The number of hydrogen-bond donors (Lipinski definition) is 2. The van der Waals surface area contributed by atoms with Crippen LogP contribution in [0.1, 0.15) is 12.5 Å². The van der Waals surface area contributed by atoms with Crippen LogP contribution in [-0.4, -0.2) is 16.6 Å². The molecule has 0 atom stereocenters.